The zero-order valence-corrected chi connectivity index (χ0v) is 19.7. The highest BCUT2D eigenvalue weighted by atomic mass is 16.5. The van der Waals surface area contributed by atoms with Crippen molar-refractivity contribution in [1.82, 2.24) is 5.32 Å². The highest BCUT2D eigenvalue weighted by Gasteiger charge is 2.29. The first-order valence-electron chi connectivity index (χ1n) is 11.0. The van der Waals surface area contributed by atoms with E-state index >= 15 is 0 Å². The molecule has 0 saturated carbocycles. The van der Waals surface area contributed by atoms with Gasteiger partial charge in [0.25, 0.3) is 5.91 Å². The Labute approximate surface area is 203 Å². The van der Waals surface area contributed by atoms with Crippen LogP contribution in [0.3, 0.4) is 0 Å². The van der Waals surface area contributed by atoms with E-state index in [0.717, 1.165) is 16.9 Å². The molecule has 0 fully saturated rings. The smallest absolute Gasteiger partial charge is 0.337 e. The number of hydrogen-bond acceptors (Lipinski definition) is 6. The molecule has 3 aromatic rings. The first kappa shape index (κ1) is 23.7. The topological polar surface area (TPSA) is 99.8 Å². The molecule has 1 heterocycles. The number of ether oxygens (including phenoxy) is 1. The van der Waals surface area contributed by atoms with Crippen LogP contribution < -0.4 is 20.9 Å². The number of anilines is 3. The van der Waals surface area contributed by atoms with Gasteiger partial charge in [0.05, 0.1) is 36.2 Å². The fourth-order valence-corrected chi connectivity index (χ4v) is 3.88. The van der Waals surface area contributed by atoms with Gasteiger partial charge in [-0.15, -0.1) is 0 Å². The number of methoxy groups -OCH3 is 1. The third-order valence-corrected chi connectivity index (χ3v) is 5.72. The molecule has 4 rings (SSSR count). The number of benzene rings is 3. The lowest BCUT2D eigenvalue weighted by atomic mass is 9.99. The number of hydrogen-bond donors (Lipinski definition) is 3. The van der Waals surface area contributed by atoms with E-state index in [1.807, 2.05) is 54.6 Å². The standard InChI is InChI=1S/C27H26N4O4/c1-28-16-23(32)31(2)20-12-10-19(11-13-20)29-25(17-7-5-4-6-8-17)24-21-14-9-18(27(34)35-3)15-22(21)30-26(24)33/h4-15,28-29H,16H2,1-3H3,(H,30,33). The summed E-state index contributed by atoms with van der Waals surface area (Å²) in [6.07, 6.45) is 0. The molecule has 0 atom stereocenters. The molecule has 0 aromatic heterocycles. The zero-order chi connectivity index (χ0) is 24.9. The lowest BCUT2D eigenvalue weighted by Crippen LogP contribution is -2.34. The first-order chi connectivity index (χ1) is 16.9. The van der Waals surface area contributed by atoms with Crippen molar-refractivity contribution in [3.8, 4) is 0 Å². The Kier molecular flexibility index (Phi) is 6.93. The molecule has 0 bridgehead atoms. The van der Waals surface area contributed by atoms with Crippen molar-refractivity contribution < 1.29 is 19.1 Å². The van der Waals surface area contributed by atoms with Crippen molar-refractivity contribution in [1.29, 1.82) is 0 Å². The molecule has 1 aliphatic heterocycles. The Morgan fingerprint density at radius 3 is 2.34 bits per heavy atom. The SMILES string of the molecule is CNCC(=O)N(C)c1ccc(NC(=C2C(=O)Nc3cc(C(=O)OC)ccc32)c2ccccc2)cc1. The van der Waals surface area contributed by atoms with Gasteiger partial charge in [0.2, 0.25) is 5.91 Å². The van der Waals surface area contributed by atoms with Crippen LogP contribution in [-0.2, 0) is 14.3 Å². The van der Waals surface area contributed by atoms with Crippen LogP contribution in [0, 0.1) is 0 Å². The number of likely N-dealkylation sites (N-methyl/N-ethyl adjacent to an activating group) is 2. The van der Waals surface area contributed by atoms with Gasteiger partial charge >= 0.3 is 5.97 Å². The fraction of sp³-hybridized carbons (Fsp3) is 0.148. The maximum atomic E-state index is 13.1. The maximum Gasteiger partial charge on any atom is 0.337 e. The zero-order valence-electron chi connectivity index (χ0n) is 19.7. The quantitative estimate of drug-likeness (QED) is 0.361. The number of fused-ring (bicyclic) bond motifs is 1. The number of carbonyl (C=O) groups is 3. The van der Waals surface area contributed by atoms with Gasteiger partial charge in [0.15, 0.2) is 0 Å². The normalized spacial score (nSPS) is 13.5. The number of amides is 2. The van der Waals surface area contributed by atoms with Crippen LogP contribution in [0.4, 0.5) is 17.1 Å². The summed E-state index contributed by atoms with van der Waals surface area (Å²) in [5, 5.41) is 9.10. The third kappa shape index (κ3) is 4.92. The molecule has 8 heteroatoms. The summed E-state index contributed by atoms with van der Waals surface area (Å²) in [7, 11) is 4.77. The van der Waals surface area contributed by atoms with Gasteiger partial charge in [-0.1, -0.05) is 36.4 Å². The molecule has 178 valence electrons. The van der Waals surface area contributed by atoms with Gasteiger partial charge in [0, 0.05) is 24.0 Å². The molecular weight excluding hydrogens is 444 g/mol. The lowest BCUT2D eigenvalue weighted by molar-refractivity contribution is -0.117. The van der Waals surface area contributed by atoms with Crippen LogP contribution in [-0.4, -0.2) is 45.5 Å². The van der Waals surface area contributed by atoms with Crippen molar-refractivity contribution in [3.63, 3.8) is 0 Å². The predicted octanol–water partition coefficient (Wildman–Crippen LogP) is 3.59. The number of nitrogens with one attached hydrogen (secondary N) is 3. The van der Waals surface area contributed by atoms with Crippen molar-refractivity contribution in [3.05, 3.63) is 89.5 Å². The first-order valence-corrected chi connectivity index (χ1v) is 11.0. The van der Waals surface area contributed by atoms with Gasteiger partial charge in [-0.2, -0.15) is 0 Å². The molecule has 0 aliphatic carbocycles. The molecule has 0 unspecified atom stereocenters. The lowest BCUT2D eigenvalue weighted by Gasteiger charge is -2.19. The molecule has 8 nitrogen and oxygen atoms in total. The van der Waals surface area contributed by atoms with E-state index in [-0.39, 0.29) is 18.4 Å². The van der Waals surface area contributed by atoms with E-state index in [2.05, 4.69) is 16.0 Å². The summed E-state index contributed by atoms with van der Waals surface area (Å²) < 4.78 is 4.80. The maximum absolute atomic E-state index is 13.1. The van der Waals surface area contributed by atoms with Crippen molar-refractivity contribution in [2.45, 2.75) is 0 Å². The fourth-order valence-electron chi connectivity index (χ4n) is 3.88. The summed E-state index contributed by atoms with van der Waals surface area (Å²) in [5.41, 5.74) is 5.01. The second-order valence-electron chi connectivity index (χ2n) is 7.98. The molecule has 2 amide bonds. The molecule has 35 heavy (non-hydrogen) atoms. The van der Waals surface area contributed by atoms with Gasteiger partial charge in [-0.05, 0) is 49.0 Å². The molecule has 3 N–H and O–H groups in total. The Morgan fingerprint density at radius 1 is 0.971 bits per heavy atom. The van der Waals surface area contributed by atoms with E-state index < -0.39 is 5.97 Å². The van der Waals surface area contributed by atoms with E-state index in [1.165, 1.54) is 7.11 Å². The molecule has 1 aliphatic rings. The Bertz CT molecular complexity index is 1300. The number of nitrogens with zero attached hydrogens (tertiary/aromatic N) is 1. The average Bonchev–Trinajstić information content (AvgIpc) is 3.22. The minimum absolute atomic E-state index is 0.0501. The van der Waals surface area contributed by atoms with Gasteiger partial charge in [-0.3, -0.25) is 9.59 Å². The summed E-state index contributed by atoms with van der Waals surface area (Å²) >= 11 is 0. The predicted molar refractivity (Wildman–Crippen MR) is 137 cm³/mol. The largest absolute Gasteiger partial charge is 0.465 e. The van der Waals surface area contributed by atoms with Gasteiger partial charge < -0.3 is 25.6 Å². The summed E-state index contributed by atoms with van der Waals surface area (Å²) in [5.74, 6) is -0.799. The van der Waals surface area contributed by atoms with Crippen molar-refractivity contribution >= 4 is 46.1 Å². The minimum atomic E-state index is -0.473. The molecular formula is C27H26N4O4. The van der Waals surface area contributed by atoms with Crippen LogP contribution in [0.25, 0.3) is 11.3 Å². The second kappa shape index (κ2) is 10.2. The van der Waals surface area contributed by atoms with Crippen LogP contribution in [0.5, 0.6) is 0 Å². The van der Waals surface area contributed by atoms with Crippen molar-refractivity contribution in [2.75, 3.05) is 43.3 Å². The van der Waals surface area contributed by atoms with E-state index in [0.29, 0.717) is 28.1 Å². The van der Waals surface area contributed by atoms with E-state index in [4.69, 9.17) is 4.74 Å². The molecule has 3 aromatic carbocycles. The Balaban J connectivity index is 1.73. The van der Waals surface area contributed by atoms with Crippen LogP contribution in [0.15, 0.2) is 72.8 Å². The van der Waals surface area contributed by atoms with E-state index in [1.54, 1.807) is 37.2 Å². The Hall–Kier alpha value is -4.43. The summed E-state index contributed by atoms with van der Waals surface area (Å²) in [6, 6.07) is 21.9. The van der Waals surface area contributed by atoms with Crippen LogP contribution in [0.1, 0.15) is 21.5 Å². The number of esters is 1. The number of carbonyl (C=O) groups excluding carboxylic acids is 3. The van der Waals surface area contributed by atoms with Gasteiger partial charge in [0.1, 0.15) is 0 Å². The summed E-state index contributed by atoms with van der Waals surface area (Å²) in [4.78, 5) is 38.8. The third-order valence-electron chi connectivity index (χ3n) is 5.72. The highest BCUT2D eigenvalue weighted by molar-refractivity contribution is 6.37. The van der Waals surface area contributed by atoms with E-state index in [9.17, 15) is 14.4 Å². The Morgan fingerprint density at radius 2 is 1.69 bits per heavy atom. The van der Waals surface area contributed by atoms with Crippen molar-refractivity contribution in [2.24, 2.45) is 0 Å². The highest BCUT2D eigenvalue weighted by Crippen LogP contribution is 2.38. The monoisotopic (exact) mass is 470 g/mol. The van der Waals surface area contributed by atoms with Gasteiger partial charge in [-0.25, -0.2) is 4.79 Å². The number of rotatable bonds is 7. The van der Waals surface area contributed by atoms with Crippen LogP contribution >= 0.6 is 0 Å². The molecule has 0 spiro atoms. The van der Waals surface area contributed by atoms with Crippen LogP contribution in [0.2, 0.25) is 0 Å². The average molecular weight is 471 g/mol. The summed E-state index contributed by atoms with van der Waals surface area (Å²) in [6.45, 7) is 0.243. The molecule has 0 radical (unpaired) electrons. The minimum Gasteiger partial charge on any atom is -0.465 e. The second-order valence-corrected chi connectivity index (χ2v) is 7.98. The molecule has 0 saturated heterocycles.